The minimum absolute atomic E-state index is 0.0174. The lowest BCUT2D eigenvalue weighted by atomic mass is 10.0. The topological polar surface area (TPSA) is 101 Å². The zero-order valence-corrected chi connectivity index (χ0v) is 13.5. The van der Waals surface area contributed by atoms with Crippen LogP contribution in [0.25, 0.3) is 0 Å². The maximum absolute atomic E-state index is 11.6. The fraction of sp³-hybridized carbons (Fsp3) is 0.529. The predicted octanol–water partition coefficient (Wildman–Crippen LogP) is 0.605. The van der Waals surface area contributed by atoms with Crippen LogP contribution in [0.1, 0.15) is 41.6 Å². The van der Waals surface area contributed by atoms with Gasteiger partial charge in [0.1, 0.15) is 0 Å². The van der Waals surface area contributed by atoms with Gasteiger partial charge in [-0.05, 0) is 37.1 Å². The van der Waals surface area contributed by atoms with Gasteiger partial charge in [-0.25, -0.2) is 0 Å². The largest absolute Gasteiger partial charge is 0.366 e. The minimum Gasteiger partial charge on any atom is -0.366 e. The van der Waals surface area contributed by atoms with E-state index in [9.17, 15) is 9.59 Å². The van der Waals surface area contributed by atoms with E-state index in [-0.39, 0.29) is 5.91 Å². The highest BCUT2D eigenvalue weighted by molar-refractivity contribution is 5.92. The van der Waals surface area contributed by atoms with Crippen molar-refractivity contribution in [2.45, 2.75) is 38.3 Å². The van der Waals surface area contributed by atoms with Gasteiger partial charge >= 0.3 is 0 Å². The fourth-order valence-electron chi connectivity index (χ4n) is 2.96. The van der Waals surface area contributed by atoms with Crippen molar-refractivity contribution < 1.29 is 9.59 Å². The van der Waals surface area contributed by atoms with Crippen LogP contribution in [0.3, 0.4) is 0 Å². The van der Waals surface area contributed by atoms with Gasteiger partial charge in [0, 0.05) is 37.7 Å². The number of hydrogen-bond acceptors (Lipinski definition) is 4. The monoisotopic (exact) mass is 318 g/mol. The Hall–Kier alpha value is -1.92. The molecule has 0 aromatic heterocycles. The Labute approximate surface area is 137 Å². The summed E-state index contributed by atoms with van der Waals surface area (Å²) in [5, 5.41) is 2.97. The third-order valence-electron chi connectivity index (χ3n) is 4.28. The molecular formula is C17H26N4O2. The summed E-state index contributed by atoms with van der Waals surface area (Å²) >= 11 is 0. The van der Waals surface area contributed by atoms with Crippen LogP contribution in [-0.4, -0.2) is 42.4 Å². The molecule has 2 rings (SSSR count). The second kappa shape index (κ2) is 8.64. The van der Waals surface area contributed by atoms with Gasteiger partial charge in [0.2, 0.25) is 11.8 Å². The molecule has 1 unspecified atom stereocenters. The summed E-state index contributed by atoms with van der Waals surface area (Å²) in [7, 11) is 0. The number of hydrogen-bond donors (Lipinski definition) is 3. The molecule has 1 atom stereocenters. The number of amides is 2. The molecule has 1 aliphatic heterocycles. The highest BCUT2D eigenvalue weighted by atomic mass is 16.1. The van der Waals surface area contributed by atoms with E-state index in [2.05, 4.69) is 10.2 Å². The average molecular weight is 318 g/mol. The van der Waals surface area contributed by atoms with Crippen molar-refractivity contribution in [2.24, 2.45) is 11.5 Å². The van der Waals surface area contributed by atoms with Gasteiger partial charge in [-0.3, -0.25) is 14.5 Å². The SMILES string of the molecule is NCCC(=O)NCC1CCCCN1Cc1ccc(C(N)=O)cc1. The number of carbonyl (C=O) groups is 2. The summed E-state index contributed by atoms with van der Waals surface area (Å²) in [4.78, 5) is 25.1. The molecule has 1 aliphatic rings. The molecule has 0 spiro atoms. The molecule has 0 radical (unpaired) electrons. The number of nitrogens with two attached hydrogens (primary N) is 2. The zero-order valence-electron chi connectivity index (χ0n) is 13.5. The Morgan fingerprint density at radius 2 is 1.96 bits per heavy atom. The summed E-state index contributed by atoms with van der Waals surface area (Å²) < 4.78 is 0. The van der Waals surface area contributed by atoms with Gasteiger partial charge < -0.3 is 16.8 Å². The van der Waals surface area contributed by atoms with Crippen LogP contribution in [0.15, 0.2) is 24.3 Å². The summed E-state index contributed by atoms with van der Waals surface area (Å²) in [6.45, 7) is 2.89. The van der Waals surface area contributed by atoms with Crippen molar-refractivity contribution >= 4 is 11.8 Å². The van der Waals surface area contributed by atoms with Crippen LogP contribution in [0, 0.1) is 0 Å². The summed E-state index contributed by atoms with van der Waals surface area (Å²) in [5.41, 5.74) is 12.3. The molecular weight excluding hydrogens is 292 g/mol. The van der Waals surface area contributed by atoms with Crippen molar-refractivity contribution in [3.63, 3.8) is 0 Å². The molecule has 0 aliphatic carbocycles. The number of piperidine rings is 1. The van der Waals surface area contributed by atoms with Crippen LogP contribution < -0.4 is 16.8 Å². The van der Waals surface area contributed by atoms with E-state index < -0.39 is 5.91 Å². The minimum atomic E-state index is -0.407. The van der Waals surface area contributed by atoms with Crippen LogP contribution in [0.5, 0.6) is 0 Å². The highest BCUT2D eigenvalue weighted by Crippen LogP contribution is 2.19. The van der Waals surface area contributed by atoms with Gasteiger partial charge in [0.25, 0.3) is 0 Å². The van der Waals surface area contributed by atoms with Gasteiger partial charge in [-0.2, -0.15) is 0 Å². The van der Waals surface area contributed by atoms with Crippen molar-refractivity contribution in [1.29, 1.82) is 0 Å². The number of nitrogens with zero attached hydrogens (tertiary/aromatic N) is 1. The Kier molecular flexibility index (Phi) is 6.55. The first kappa shape index (κ1) is 17.4. The Balaban J connectivity index is 1.92. The molecule has 6 nitrogen and oxygen atoms in total. The molecule has 23 heavy (non-hydrogen) atoms. The first-order valence-corrected chi connectivity index (χ1v) is 8.19. The number of primary amides is 1. The molecule has 2 amide bonds. The molecule has 0 bridgehead atoms. The Morgan fingerprint density at radius 3 is 2.61 bits per heavy atom. The molecule has 0 saturated carbocycles. The standard InChI is InChI=1S/C17H26N4O2/c18-9-8-16(22)20-11-15-3-1-2-10-21(15)12-13-4-6-14(7-5-13)17(19)23/h4-7,15H,1-3,8-12,18H2,(H2,19,23)(H,20,22). The average Bonchev–Trinajstić information content (AvgIpc) is 2.55. The van der Waals surface area contributed by atoms with Gasteiger partial charge in [-0.1, -0.05) is 18.6 Å². The Bertz CT molecular complexity index is 530. The first-order valence-electron chi connectivity index (χ1n) is 8.19. The van der Waals surface area contributed by atoms with Crippen molar-refractivity contribution in [3.05, 3.63) is 35.4 Å². The van der Waals surface area contributed by atoms with E-state index in [1.54, 1.807) is 12.1 Å². The second-order valence-electron chi connectivity index (χ2n) is 6.02. The summed E-state index contributed by atoms with van der Waals surface area (Å²) in [6, 6.07) is 7.76. The number of benzene rings is 1. The third-order valence-corrected chi connectivity index (χ3v) is 4.28. The molecule has 5 N–H and O–H groups in total. The van der Waals surface area contributed by atoms with Crippen molar-refractivity contribution in [1.82, 2.24) is 10.2 Å². The highest BCUT2D eigenvalue weighted by Gasteiger charge is 2.22. The normalized spacial score (nSPS) is 18.6. The molecule has 1 aromatic carbocycles. The second-order valence-corrected chi connectivity index (χ2v) is 6.02. The lowest BCUT2D eigenvalue weighted by molar-refractivity contribution is -0.121. The molecule has 1 aromatic rings. The van der Waals surface area contributed by atoms with Crippen LogP contribution in [-0.2, 0) is 11.3 Å². The van der Waals surface area contributed by atoms with Gasteiger partial charge in [0.15, 0.2) is 0 Å². The van der Waals surface area contributed by atoms with Crippen molar-refractivity contribution in [3.8, 4) is 0 Å². The summed E-state index contributed by atoms with van der Waals surface area (Å²) in [6.07, 6.45) is 3.82. The molecule has 126 valence electrons. The number of nitrogens with one attached hydrogen (secondary N) is 1. The van der Waals surface area contributed by atoms with Crippen LogP contribution in [0.4, 0.5) is 0 Å². The Morgan fingerprint density at radius 1 is 1.22 bits per heavy atom. The predicted molar refractivity (Wildman–Crippen MR) is 89.7 cm³/mol. The quantitative estimate of drug-likeness (QED) is 0.685. The van der Waals surface area contributed by atoms with Crippen LogP contribution in [0.2, 0.25) is 0 Å². The number of likely N-dealkylation sites (tertiary alicyclic amines) is 1. The third kappa shape index (κ3) is 5.33. The first-order chi connectivity index (χ1) is 11.1. The van der Waals surface area contributed by atoms with Gasteiger partial charge in [-0.15, -0.1) is 0 Å². The van der Waals surface area contributed by atoms with E-state index in [1.807, 2.05) is 12.1 Å². The fourth-order valence-corrected chi connectivity index (χ4v) is 2.96. The molecule has 1 saturated heterocycles. The van der Waals surface area contributed by atoms with Crippen molar-refractivity contribution in [2.75, 3.05) is 19.6 Å². The molecule has 1 heterocycles. The number of carbonyl (C=O) groups excluding carboxylic acids is 2. The maximum Gasteiger partial charge on any atom is 0.248 e. The lowest BCUT2D eigenvalue weighted by Gasteiger charge is -2.36. The van der Waals surface area contributed by atoms with Gasteiger partial charge in [0.05, 0.1) is 0 Å². The van der Waals surface area contributed by atoms with E-state index in [4.69, 9.17) is 11.5 Å². The molecule has 1 fully saturated rings. The summed E-state index contributed by atoms with van der Waals surface area (Å²) in [5.74, 6) is -0.390. The van der Waals surface area contributed by atoms with E-state index in [1.165, 1.54) is 12.8 Å². The zero-order chi connectivity index (χ0) is 16.7. The number of rotatable bonds is 7. The maximum atomic E-state index is 11.6. The lowest BCUT2D eigenvalue weighted by Crippen LogP contribution is -2.46. The van der Waals surface area contributed by atoms with E-state index in [0.29, 0.717) is 31.1 Å². The smallest absolute Gasteiger partial charge is 0.248 e. The molecule has 6 heteroatoms. The van der Waals surface area contributed by atoms with Crippen LogP contribution >= 0.6 is 0 Å². The van der Waals surface area contributed by atoms with E-state index >= 15 is 0 Å². The van der Waals surface area contributed by atoms with E-state index in [0.717, 1.165) is 25.1 Å².